The van der Waals surface area contributed by atoms with Gasteiger partial charge in [-0.05, 0) is 37.1 Å². The van der Waals surface area contributed by atoms with E-state index in [1.165, 1.54) is 12.8 Å². The number of hydrogen-bond donors (Lipinski definition) is 1. The fraction of sp³-hybridized carbons (Fsp3) is 0.375. The van der Waals surface area contributed by atoms with Gasteiger partial charge in [-0.1, -0.05) is 12.8 Å². The van der Waals surface area contributed by atoms with Crippen molar-refractivity contribution in [3.63, 3.8) is 0 Å². The van der Waals surface area contributed by atoms with Crippen molar-refractivity contribution in [3.05, 3.63) is 42.4 Å². The van der Waals surface area contributed by atoms with Gasteiger partial charge >= 0.3 is 0 Å². The minimum absolute atomic E-state index is 0.127. The average Bonchev–Trinajstić information content (AvgIpc) is 3.18. The lowest BCUT2D eigenvalue weighted by Crippen LogP contribution is -2.19. The van der Waals surface area contributed by atoms with Crippen LogP contribution in [0.3, 0.4) is 0 Å². The highest BCUT2D eigenvalue weighted by Crippen LogP contribution is 2.31. The van der Waals surface area contributed by atoms with Crippen LogP contribution in [0.5, 0.6) is 5.88 Å². The fourth-order valence-corrected chi connectivity index (χ4v) is 2.92. The topological polar surface area (TPSA) is 56.1 Å². The third-order valence-electron chi connectivity index (χ3n) is 3.94. The molecule has 1 amide bonds. The van der Waals surface area contributed by atoms with Gasteiger partial charge in [0.25, 0.3) is 5.91 Å². The van der Waals surface area contributed by atoms with Crippen LogP contribution in [0.4, 0.5) is 5.69 Å². The van der Waals surface area contributed by atoms with Crippen LogP contribution in [0, 0.1) is 0 Å². The zero-order valence-corrected chi connectivity index (χ0v) is 12.1. The number of hydrogen-bond acceptors (Lipinski definition) is 3. The maximum Gasteiger partial charge on any atom is 0.272 e. The molecule has 1 fully saturated rings. The van der Waals surface area contributed by atoms with Crippen molar-refractivity contribution in [2.24, 2.45) is 0 Å². The summed E-state index contributed by atoms with van der Waals surface area (Å²) < 4.78 is 7.25. The number of rotatable bonds is 4. The Kier molecular flexibility index (Phi) is 3.90. The predicted octanol–water partition coefficient (Wildman–Crippen LogP) is 3.26. The van der Waals surface area contributed by atoms with Crippen LogP contribution in [0.15, 0.2) is 36.7 Å². The molecule has 0 aliphatic heterocycles. The van der Waals surface area contributed by atoms with Crippen molar-refractivity contribution in [2.75, 3.05) is 12.4 Å². The van der Waals surface area contributed by atoms with Crippen molar-refractivity contribution in [1.29, 1.82) is 0 Å². The number of carbonyl (C=O) groups excluding carboxylic acids is 1. The molecule has 0 unspecified atom stereocenters. The van der Waals surface area contributed by atoms with E-state index in [9.17, 15) is 4.79 Å². The van der Waals surface area contributed by atoms with Crippen molar-refractivity contribution >= 4 is 11.6 Å². The zero-order chi connectivity index (χ0) is 14.7. The van der Waals surface area contributed by atoms with E-state index < -0.39 is 0 Å². The first kappa shape index (κ1) is 13.7. The molecule has 1 aliphatic rings. The van der Waals surface area contributed by atoms with Gasteiger partial charge in [0.05, 0.1) is 7.11 Å². The maximum atomic E-state index is 12.5. The van der Waals surface area contributed by atoms with Crippen LogP contribution in [0.2, 0.25) is 0 Å². The molecule has 110 valence electrons. The standard InChI is InChI=1S/C16H19N3O2/c1-21-16-13(8-4-10-17-16)18-15(20)14-9-5-11-19(14)12-6-2-3-7-12/h4-5,8-12H,2-3,6-7H2,1H3,(H,18,20). The Morgan fingerprint density at radius 3 is 2.90 bits per heavy atom. The van der Waals surface area contributed by atoms with Crippen LogP contribution >= 0.6 is 0 Å². The van der Waals surface area contributed by atoms with E-state index in [4.69, 9.17) is 4.74 Å². The summed E-state index contributed by atoms with van der Waals surface area (Å²) in [5.41, 5.74) is 1.27. The highest BCUT2D eigenvalue weighted by atomic mass is 16.5. The first-order chi connectivity index (χ1) is 10.3. The molecule has 1 N–H and O–H groups in total. The van der Waals surface area contributed by atoms with E-state index in [2.05, 4.69) is 14.9 Å². The summed E-state index contributed by atoms with van der Waals surface area (Å²) in [4.78, 5) is 16.6. The van der Waals surface area contributed by atoms with Gasteiger partial charge in [0.1, 0.15) is 11.4 Å². The number of anilines is 1. The Morgan fingerprint density at radius 1 is 1.33 bits per heavy atom. The number of ether oxygens (including phenoxy) is 1. The maximum absolute atomic E-state index is 12.5. The first-order valence-corrected chi connectivity index (χ1v) is 7.27. The molecular weight excluding hydrogens is 266 g/mol. The lowest BCUT2D eigenvalue weighted by atomic mass is 10.2. The Morgan fingerprint density at radius 2 is 2.14 bits per heavy atom. The smallest absolute Gasteiger partial charge is 0.272 e. The van der Waals surface area contributed by atoms with Crippen molar-refractivity contribution < 1.29 is 9.53 Å². The molecule has 0 bridgehead atoms. The summed E-state index contributed by atoms with van der Waals surface area (Å²) in [5.74, 6) is 0.294. The molecule has 0 radical (unpaired) electrons. The first-order valence-electron chi connectivity index (χ1n) is 7.27. The van der Waals surface area contributed by atoms with Gasteiger partial charge in [-0.3, -0.25) is 4.79 Å². The Balaban J connectivity index is 1.81. The molecule has 5 heteroatoms. The molecule has 0 atom stereocenters. The molecular formula is C16H19N3O2. The molecule has 2 aromatic heterocycles. The van der Waals surface area contributed by atoms with Gasteiger partial charge < -0.3 is 14.6 Å². The monoisotopic (exact) mass is 285 g/mol. The quantitative estimate of drug-likeness (QED) is 0.938. The Bertz CT molecular complexity index is 630. The Hall–Kier alpha value is -2.30. The van der Waals surface area contributed by atoms with E-state index in [1.54, 1.807) is 25.4 Å². The number of aromatic nitrogens is 2. The van der Waals surface area contributed by atoms with E-state index in [0.717, 1.165) is 12.8 Å². The molecule has 2 heterocycles. The molecule has 3 rings (SSSR count). The Labute approximate surface area is 124 Å². The minimum atomic E-state index is -0.127. The van der Waals surface area contributed by atoms with Crippen LogP contribution < -0.4 is 10.1 Å². The molecule has 21 heavy (non-hydrogen) atoms. The van der Waals surface area contributed by atoms with Crippen LogP contribution in [0.1, 0.15) is 42.2 Å². The lowest BCUT2D eigenvalue weighted by Gasteiger charge is -2.16. The molecule has 0 aromatic carbocycles. The van der Waals surface area contributed by atoms with E-state index in [-0.39, 0.29) is 5.91 Å². The van der Waals surface area contributed by atoms with Gasteiger partial charge in [0.15, 0.2) is 0 Å². The number of nitrogens with one attached hydrogen (secondary N) is 1. The average molecular weight is 285 g/mol. The lowest BCUT2D eigenvalue weighted by molar-refractivity contribution is 0.101. The molecule has 1 saturated carbocycles. The van der Waals surface area contributed by atoms with Crippen molar-refractivity contribution in [1.82, 2.24) is 9.55 Å². The minimum Gasteiger partial charge on any atom is -0.480 e. The van der Waals surface area contributed by atoms with Gasteiger partial charge in [0, 0.05) is 18.4 Å². The highest BCUT2D eigenvalue weighted by Gasteiger charge is 2.21. The fourth-order valence-electron chi connectivity index (χ4n) is 2.92. The summed E-state index contributed by atoms with van der Waals surface area (Å²) in [7, 11) is 1.54. The molecule has 0 saturated heterocycles. The number of nitrogens with zero attached hydrogens (tertiary/aromatic N) is 2. The van der Waals surface area contributed by atoms with Crippen molar-refractivity contribution in [2.45, 2.75) is 31.7 Å². The normalized spacial score (nSPS) is 15.1. The third-order valence-corrected chi connectivity index (χ3v) is 3.94. The number of amides is 1. The highest BCUT2D eigenvalue weighted by molar-refractivity contribution is 6.03. The molecule has 5 nitrogen and oxygen atoms in total. The van der Waals surface area contributed by atoms with Crippen LogP contribution in [-0.2, 0) is 0 Å². The van der Waals surface area contributed by atoms with Gasteiger partial charge in [-0.15, -0.1) is 0 Å². The summed E-state index contributed by atoms with van der Waals surface area (Å²) in [6.07, 6.45) is 8.39. The van der Waals surface area contributed by atoms with Crippen LogP contribution in [0.25, 0.3) is 0 Å². The largest absolute Gasteiger partial charge is 0.480 e. The third kappa shape index (κ3) is 2.77. The summed E-state index contributed by atoms with van der Waals surface area (Å²) >= 11 is 0. The number of pyridine rings is 1. The molecule has 2 aromatic rings. The van der Waals surface area contributed by atoms with E-state index in [1.807, 2.05) is 18.3 Å². The van der Waals surface area contributed by atoms with Gasteiger partial charge in [-0.2, -0.15) is 0 Å². The second kappa shape index (κ2) is 5.99. The van der Waals surface area contributed by atoms with Gasteiger partial charge in [-0.25, -0.2) is 4.98 Å². The summed E-state index contributed by atoms with van der Waals surface area (Å²) in [5, 5.41) is 2.88. The second-order valence-electron chi connectivity index (χ2n) is 5.25. The van der Waals surface area contributed by atoms with Crippen molar-refractivity contribution in [3.8, 4) is 5.88 Å². The number of methoxy groups -OCH3 is 1. The summed E-state index contributed by atoms with van der Waals surface area (Å²) in [6, 6.07) is 7.78. The number of carbonyl (C=O) groups is 1. The van der Waals surface area contributed by atoms with E-state index >= 15 is 0 Å². The molecule has 1 aliphatic carbocycles. The SMILES string of the molecule is COc1ncccc1NC(=O)c1cccn1C1CCCC1. The predicted molar refractivity (Wildman–Crippen MR) is 80.7 cm³/mol. The summed E-state index contributed by atoms with van der Waals surface area (Å²) in [6.45, 7) is 0. The second-order valence-corrected chi connectivity index (χ2v) is 5.25. The zero-order valence-electron chi connectivity index (χ0n) is 12.1. The van der Waals surface area contributed by atoms with Gasteiger partial charge in [0.2, 0.25) is 5.88 Å². The van der Waals surface area contributed by atoms with E-state index in [0.29, 0.717) is 23.3 Å². The molecule has 0 spiro atoms. The van der Waals surface area contributed by atoms with Crippen LogP contribution in [-0.4, -0.2) is 22.6 Å².